The van der Waals surface area contributed by atoms with Crippen molar-refractivity contribution >= 4 is 5.71 Å². The van der Waals surface area contributed by atoms with E-state index in [-0.39, 0.29) is 0 Å². The Labute approximate surface area is 51.0 Å². The van der Waals surface area contributed by atoms with E-state index in [1.807, 2.05) is 0 Å². The summed E-state index contributed by atoms with van der Waals surface area (Å²) in [6.07, 6.45) is 2.65. The number of nitrogens with zero attached hydrogens (tertiary/aromatic N) is 1. The maximum absolute atomic E-state index is 2.36. The first-order valence-corrected chi connectivity index (χ1v) is 3.27. The predicted molar refractivity (Wildman–Crippen MR) is 35.6 cm³/mol. The van der Waals surface area contributed by atoms with Crippen LogP contribution in [0.1, 0.15) is 26.7 Å². The van der Waals surface area contributed by atoms with Gasteiger partial charge in [0, 0.05) is 19.8 Å². The molecule has 1 rings (SSSR count). The van der Waals surface area contributed by atoms with E-state index in [4.69, 9.17) is 0 Å². The topological polar surface area (TPSA) is 3.01 Å². The molecule has 0 bridgehead atoms. The van der Waals surface area contributed by atoms with Gasteiger partial charge < -0.3 is 0 Å². The largest absolute Gasteiger partial charge is 0.238 e. The average Bonchev–Trinajstić information content (AvgIpc) is 1.98. The Bertz CT molecular complexity index is 124. The minimum Gasteiger partial charge on any atom is -0.238 e. The normalized spacial score (nSPS) is 29.6. The van der Waals surface area contributed by atoms with Gasteiger partial charge in [-0.25, -0.2) is 4.58 Å². The SMILES string of the molecule is CC1=[N+](C)C(C)CC1. The van der Waals surface area contributed by atoms with Crippen LogP contribution in [0.3, 0.4) is 0 Å². The molecule has 0 aromatic carbocycles. The van der Waals surface area contributed by atoms with Crippen molar-refractivity contribution in [1.82, 2.24) is 0 Å². The molecule has 1 unspecified atom stereocenters. The zero-order chi connectivity index (χ0) is 6.15. The summed E-state index contributed by atoms with van der Waals surface area (Å²) in [7, 11) is 2.17. The minimum atomic E-state index is 0.787. The van der Waals surface area contributed by atoms with Crippen LogP contribution in [0.15, 0.2) is 0 Å². The van der Waals surface area contributed by atoms with Crippen LogP contribution in [0, 0.1) is 0 Å². The Hall–Kier alpha value is -0.330. The quantitative estimate of drug-likeness (QED) is 0.415. The van der Waals surface area contributed by atoms with Crippen LogP contribution in [0.5, 0.6) is 0 Å². The lowest BCUT2D eigenvalue weighted by atomic mass is 10.2. The van der Waals surface area contributed by atoms with E-state index in [1.165, 1.54) is 18.6 Å². The summed E-state index contributed by atoms with van der Waals surface area (Å²) in [5.41, 5.74) is 1.54. The molecule has 0 saturated carbocycles. The van der Waals surface area contributed by atoms with Crippen LogP contribution in [-0.4, -0.2) is 23.4 Å². The maximum Gasteiger partial charge on any atom is 0.150 e. The van der Waals surface area contributed by atoms with Crippen molar-refractivity contribution in [3.05, 3.63) is 0 Å². The van der Waals surface area contributed by atoms with E-state index < -0.39 is 0 Å². The third kappa shape index (κ3) is 0.770. The van der Waals surface area contributed by atoms with Gasteiger partial charge in [-0.2, -0.15) is 0 Å². The highest BCUT2D eigenvalue weighted by Gasteiger charge is 2.21. The molecule has 46 valence electrons. The monoisotopic (exact) mass is 112 g/mol. The van der Waals surface area contributed by atoms with Crippen molar-refractivity contribution < 1.29 is 4.58 Å². The summed E-state index contributed by atoms with van der Waals surface area (Å²) in [6, 6.07) is 0.787. The molecule has 0 spiro atoms. The Balaban J connectivity index is 2.71. The number of hydrogen-bond acceptors (Lipinski definition) is 0. The lowest BCUT2D eigenvalue weighted by Gasteiger charge is -1.95. The first-order chi connectivity index (χ1) is 3.72. The minimum absolute atomic E-state index is 0.787. The molecule has 8 heavy (non-hydrogen) atoms. The Morgan fingerprint density at radius 3 is 2.38 bits per heavy atom. The zero-order valence-electron chi connectivity index (χ0n) is 5.94. The predicted octanol–water partition coefficient (Wildman–Crippen LogP) is 1.27. The summed E-state index contributed by atoms with van der Waals surface area (Å²) < 4.78 is 2.36. The van der Waals surface area contributed by atoms with Gasteiger partial charge in [0.05, 0.1) is 0 Å². The van der Waals surface area contributed by atoms with Crippen LogP contribution in [0.25, 0.3) is 0 Å². The van der Waals surface area contributed by atoms with Crippen LogP contribution >= 0.6 is 0 Å². The van der Waals surface area contributed by atoms with Crippen LogP contribution in [0.4, 0.5) is 0 Å². The Morgan fingerprint density at radius 2 is 2.25 bits per heavy atom. The zero-order valence-corrected chi connectivity index (χ0v) is 5.94. The molecule has 1 heterocycles. The van der Waals surface area contributed by atoms with E-state index in [0.717, 1.165) is 6.04 Å². The second-order valence-electron chi connectivity index (χ2n) is 2.73. The molecule has 0 fully saturated rings. The summed E-state index contributed by atoms with van der Waals surface area (Å²) in [5, 5.41) is 0. The average molecular weight is 112 g/mol. The summed E-state index contributed by atoms with van der Waals surface area (Å²) in [5.74, 6) is 0. The van der Waals surface area contributed by atoms with Gasteiger partial charge in [-0.05, 0) is 6.92 Å². The van der Waals surface area contributed by atoms with Crippen molar-refractivity contribution in [1.29, 1.82) is 0 Å². The third-order valence-electron chi connectivity index (χ3n) is 2.19. The van der Waals surface area contributed by atoms with E-state index in [9.17, 15) is 0 Å². The van der Waals surface area contributed by atoms with Gasteiger partial charge >= 0.3 is 0 Å². The van der Waals surface area contributed by atoms with Crippen molar-refractivity contribution in [2.45, 2.75) is 32.7 Å². The van der Waals surface area contributed by atoms with Gasteiger partial charge in [0.2, 0.25) is 0 Å². The molecule has 1 aliphatic rings. The molecule has 0 saturated heterocycles. The molecule has 0 aliphatic carbocycles. The number of hydrogen-bond donors (Lipinski definition) is 0. The fraction of sp³-hybridized carbons (Fsp3) is 0.857. The Morgan fingerprint density at radius 1 is 1.62 bits per heavy atom. The standard InChI is InChI=1S/C7H14N/c1-6-4-5-7(2)8(6)3/h6H,4-5H2,1-3H3/q+1. The smallest absolute Gasteiger partial charge is 0.150 e. The first kappa shape index (κ1) is 5.80. The summed E-state index contributed by atoms with van der Waals surface area (Å²) in [6.45, 7) is 4.49. The molecule has 1 nitrogen and oxygen atoms in total. The molecule has 1 aliphatic heterocycles. The van der Waals surface area contributed by atoms with Crippen molar-refractivity contribution in [2.75, 3.05) is 7.05 Å². The summed E-state index contributed by atoms with van der Waals surface area (Å²) >= 11 is 0. The van der Waals surface area contributed by atoms with Gasteiger partial charge in [0.15, 0.2) is 0 Å². The van der Waals surface area contributed by atoms with Crippen molar-refractivity contribution in [2.24, 2.45) is 0 Å². The first-order valence-electron chi connectivity index (χ1n) is 3.27. The molecule has 1 atom stereocenters. The second kappa shape index (κ2) is 1.88. The van der Waals surface area contributed by atoms with Crippen LogP contribution < -0.4 is 0 Å². The van der Waals surface area contributed by atoms with E-state index in [2.05, 4.69) is 25.5 Å². The highest BCUT2D eigenvalue weighted by molar-refractivity contribution is 5.77. The van der Waals surface area contributed by atoms with E-state index >= 15 is 0 Å². The highest BCUT2D eigenvalue weighted by Crippen LogP contribution is 2.09. The molecule has 1 heteroatoms. The van der Waals surface area contributed by atoms with Gasteiger partial charge in [-0.3, -0.25) is 0 Å². The van der Waals surface area contributed by atoms with Crippen LogP contribution in [0.2, 0.25) is 0 Å². The van der Waals surface area contributed by atoms with Gasteiger partial charge in [-0.1, -0.05) is 0 Å². The molecule has 0 N–H and O–H groups in total. The molecule has 0 aromatic heterocycles. The van der Waals surface area contributed by atoms with Crippen molar-refractivity contribution in [3.63, 3.8) is 0 Å². The molecule has 0 radical (unpaired) electrons. The fourth-order valence-electron chi connectivity index (χ4n) is 1.16. The van der Waals surface area contributed by atoms with E-state index in [0.29, 0.717) is 0 Å². The lowest BCUT2D eigenvalue weighted by molar-refractivity contribution is -0.525. The molecule has 0 aromatic rings. The maximum atomic E-state index is 2.36. The van der Waals surface area contributed by atoms with E-state index in [1.54, 1.807) is 0 Å². The summed E-state index contributed by atoms with van der Waals surface area (Å²) in [4.78, 5) is 0. The lowest BCUT2D eigenvalue weighted by Crippen LogP contribution is -2.15. The molecule has 0 amide bonds. The van der Waals surface area contributed by atoms with Gasteiger partial charge in [0.1, 0.15) is 18.8 Å². The highest BCUT2D eigenvalue weighted by atomic mass is 15.0. The van der Waals surface area contributed by atoms with Gasteiger partial charge in [0.25, 0.3) is 0 Å². The van der Waals surface area contributed by atoms with Crippen LogP contribution in [-0.2, 0) is 0 Å². The molecular formula is C7H14N+. The van der Waals surface area contributed by atoms with Gasteiger partial charge in [-0.15, -0.1) is 0 Å². The number of rotatable bonds is 0. The fourth-order valence-corrected chi connectivity index (χ4v) is 1.16. The molecular weight excluding hydrogens is 98.1 g/mol. The van der Waals surface area contributed by atoms with Crippen molar-refractivity contribution in [3.8, 4) is 0 Å². The second-order valence-corrected chi connectivity index (χ2v) is 2.73. The Kier molecular flexibility index (Phi) is 1.37. The third-order valence-corrected chi connectivity index (χ3v) is 2.19.